The van der Waals surface area contributed by atoms with E-state index in [0.29, 0.717) is 12.2 Å². The number of rotatable bonds is 6. The van der Waals surface area contributed by atoms with E-state index in [4.69, 9.17) is 24.4 Å². The number of carboxylic acid groups (broad SMARTS) is 2. The molecule has 1 aliphatic carbocycles. The number of allylic oxidation sites excluding steroid dienone is 2. The average molecular weight is 544 g/mol. The lowest BCUT2D eigenvalue weighted by atomic mass is 9.80. The Morgan fingerprint density at radius 2 is 1.82 bits per heavy atom. The van der Waals surface area contributed by atoms with Gasteiger partial charge < -0.3 is 50.2 Å². The molecule has 0 saturated carbocycles. The van der Waals surface area contributed by atoms with E-state index in [9.17, 15) is 34.8 Å². The lowest BCUT2D eigenvalue weighted by molar-refractivity contribution is -0.254. The first kappa shape index (κ1) is 30.2. The van der Waals surface area contributed by atoms with E-state index in [2.05, 4.69) is 25.2 Å². The Morgan fingerprint density at radius 3 is 2.42 bits per heavy atom. The van der Waals surface area contributed by atoms with Crippen LogP contribution in [0.3, 0.4) is 0 Å². The normalized spacial score (nSPS) is 40.6. The Labute approximate surface area is 219 Å². The van der Waals surface area contributed by atoms with Crippen LogP contribution in [0.1, 0.15) is 39.5 Å². The van der Waals surface area contributed by atoms with Crippen LogP contribution in [0.4, 0.5) is 0 Å². The zero-order chi connectivity index (χ0) is 28.2. The number of ether oxygens (including phenoxy) is 3. The van der Waals surface area contributed by atoms with E-state index in [0.717, 1.165) is 25.7 Å². The predicted molar refractivity (Wildman–Crippen MR) is 129 cm³/mol. The van der Waals surface area contributed by atoms with Crippen LogP contribution in [0.5, 0.6) is 0 Å². The molecule has 214 valence electrons. The van der Waals surface area contributed by atoms with Crippen LogP contribution in [-0.2, 0) is 28.6 Å². The molecule has 0 spiro atoms. The lowest BCUT2D eigenvalue weighted by Crippen LogP contribution is -2.63. The van der Waals surface area contributed by atoms with E-state index in [1.165, 1.54) is 5.57 Å². The second kappa shape index (κ2) is 12.6. The van der Waals surface area contributed by atoms with Crippen molar-refractivity contribution in [2.45, 2.75) is 88.0 Å². The van der Waals surface area contributed by atoms with E-state index < -0.39 is 55.1 Å². The molecule has 3 saturated heterocycles. The molecule has 13 heteroatoms. The summed E-state index contributed by atoms with van der Waals surface area (Å²) < 4.78 is 16.9. The highest BCUT2D eigenvalue weighted by Gasteiger charge is 2.62. The minimum absolute atomic E-state index is 0.0489. The molecule has 4 rings (SSSR count). The van der Waals surface area contributed by atoms with Crippen molar-refractivity contribution in [2.75, 3.05) is 13.2 Å². The number of hydrogen-bond acceptors (Lipinski definition) is 11. The molecule has 0 aromatic heterocycles. The Hall–Kier alpha value is -2.39. The van der Waals surface area contributed by atoms with Gasteiger partial charge in [-0.3, -0.25) is 4.79 Å². The molecule has 13 nitrogen and oxygen atoms in total. The molecule has 3 heterocycles. The van der Waals surface area contributed by atoms with Gasteiger partial charge in [0.1, 0.15) is 30.5 Å². The van der Waals surface area contributed by atoms with Crippen molar-refractivity contribution in [1.29, 1.82) is 0 Å². The molecule has 38 heavy (non-hydrogen) atoms. The molecule has 4 aliphatic rings. The second-order valence-electron chi connectivity index (χ2n) is 10.3. The van der Waals surface area contributed by atoms with Crippen LogP contribution in [-0.4, -0.2) is 110 Å². The first-order chi connectivity index (χ1) is 17.9. The van der Waals surface area contributed by atoms with Crippen molar-refractivity contribution in [3.05, 3.63) is 23.8 Å². The summed E-state index contributed by atoms with van der Waals surface area (Å²) in [4.78, 5) is 31.8. The standard InChI is InChI=1S/C21H33NO8.C4H4O4/c1-10-4-3-7-21(2)18(30-21)17-11(6-5-10)12(19(26)29-17)8-22-14-16(25)15(24)13(9-23)28-20(14)27;5-3(6)1-2-4(7)8/h4,11-18,20,22-25,27H,3,5-9H2,1-2H3;1-2H,(H,5,6)(H,7,8)/b;2-1+/t11-,12-,13+,14+,15+,16+,17-,18-,20+,21+;/m0./s1. The molecule has 3 aliphatic heterocycles. The van der Waals surface area contributed by atoms with E-state index >= 15 is 0 Å². The summed E-state index contributed by atoms with van der Waals surface area (Å²) in [5, 5.41) is 58.4. The number of carbonyl (C=O) groups excluding carboxylic acids is 1. The van der Waals surface area contributed by atoms with Gasteiger partial charge in [-0.25, -0.2) is 9.59 Å². The number of esters is 1. The second-order valence-corrected chi connectivity index (χ2v) is 10.3. The number of aliphatic carboxylic acids is 2. The smallest absolute Gasteiger partial charge is 0.328 e. The molecule has 3 fully saturated rings. The number of carbonyl (C=O) groups is 3. The maximum Gasteiger partial charge on any atom is 0.328 e. The molecular formula is C25H37NO12. The molecule has 0 bridgehead atoms. The number of hydrogen-bond donors (Lipinski definition) is 7. The molecule has 7 N–H and O–H groups in total. The van der Waals surface area contributed by atoms with Crippen molar-refractivity contribution in [3.8, 4) is 0 Å². The zero-order valence-electron chi connectivity index (χ0n) is 21.3. The molecule has 0 radical (unpaired) electrons. The predicted octanol–water partition coefficient (Wildman–Crippen LogP) is -1.08. The number of aliphatic hydroxyl groups is 4. The maximum atomic E-state index is 12.7. The van der Waals surface area contributed by atoms with Crippen molar-refractivity contribution >= 4 is 17.9 Å². The van der Waals surface area contributed by atoms with Gasteiger partial charge in [-0.1, -0.05) is 11.6 Å². The van der Waals surface area contributed by atoms with Crippen molar-refractivity contribution in [3.63, 3.8) is 0 Å². The molecular weight excluding hydrogens is 506 g/mol. The largest absolute Gasteiger partial charge is 0.478 e. The fraction of sp³-hybridized carbons (Fsp3) is 0.720. The molecule has 0 aromatic carbocycles. The summed E-state index contributed by atoms with van der Waals surface area (Å²) in [5.41, 5.74) is 1.01. The highest BCUT2D eigenvalue weighted by atomic mass is 16.6. The van der Waals surface area contributed by atoms with Gasteiger partial charge >= 0.3 is 17.9 Å². The van der Waals surface area contributed by atoms with Gasteiger partial charge in [0, 0.05) is 24.6 Å². The minimum Gasteiger partial charge on any atom is -0.478 e. The topological polar surface area (TPSA) is 216 Å². The van der Waals surface area contributed by atoms with E-state index in [-0.39, 0.29) is 36.2 Å². The SMILES string of the molecule is CC1=CCC[C@@]2(C)O[C@H]2[C@H]2OC(=O)[C@@H](CN[C@@H]3[C@@H](O)[C@H](O)[C@@H](CO)O[C@H]3O)[C@@H]2CC1.O=C(O)/C=C/C(=O)O. The van der Waals surface area contributed by atoms with Crippen LogP contribution >= 0.6 is 0 Å². The summed E-state index contributed by atoms with van der Waals surface area (Å²) in [6.07, 6.45) is 1.25. The first-order valence-electron chi connectivity index (χ1n) is 12.6. The number of carboxylic acids is 2. The Bertz CT molecular complexity index is 921. The highest BCUT2D eigenvalue weighted by Crippen LogP contribution is 2.50. The monoisotopic (exact) mass is 543 g/mol. The van der Waals surface area contributed by atoms with Crippen molar-refractivity contribution < 1.29 is 59.2 Å². The summed E-state index contributed by atoms with van der Waals surface area (Å²) in [6, 6.07) is -0.988. The van der Waals surface area contributed by atoms with Gasteiger partial charge in [0.2, 0.25) is 0 Å². The van der Waals surface area contributed by atoms with Crippen LogP contribution in [0.25, 0.3) is 0 Å². The quantitative estimate of drug-likeness (QED) is 0.0920. The molecule has 0 amide bonds. The summed E-state index contributed by atoms with van der Waals surface area (Å²) in [7, 11) is 0. The van der Waals surface area contributed by atoms with Crippen LogP contribution in [0.2, 0.25) is 0 Å². The van der Waals surface area contributed by atoms with Crippen LogP contribution in [0, 0.1) is 11.8 Å². The van der Waals surface area contributed by atoms with Gasteiger partial charge in [0.05, 0.1) is 24.2 Å². The number of fused-ring (bicyclic) bond motifs is 3. The van der Waals surface area contributed by atoms with Gasteiger partial charge in [-0.2, -0.15) is 0 Å². The van der Waals surface area contributed by atoms with Crippen LogP contribution < -0.4 is 5.32 Å². The minimum atomic E-state index is -1.42. The molecule has 0 aromatic rings. The van der Waals surface area contributed by atoms with E-state index in [1.807, 2.05) is 0 Å². The fourth-order valence-electron chi connectivity index (χ4n) is 5.30. The first-order valence-corrected chi connectivity index (χ1v) is 12.6. The Balaban J connectivity index is 0.000000436. The number of aliphatic hydroxyl groups excluding tert-OH is 4. The number of epoxide rings is 1. The van der Waals surface area contributed by atoms with Gasteiger partial charge in [-0.05, 0) is 39.5 Å². The molecule has 10 atom stereocenters. The fourth-order valence-corrected chi connectivity index (χ4v) is 5.30. The Kier molecular flexibility index (Phi) is 10.0. The summed E-state index contributed by atoms with van der Waals surface area (Å²) >= 11 is 0. The van der Waals surface area contributed by atoms with Gasteiger partial charge in [-0.15, -0.1) is 0 Å². The Morgan fingerprint density at radius 1 is 1.16 bits per heavy atom. The summed E-state index contributed by atoms with van der Waals surface area (Å²) in [5.74, 6) is -3.33. The van der Waals surface area contributed by atoms with Gasteiger partial charge in [0.25, 0.3) is 0 Å². The average Bonchev–Trinajstić information content (AvgIpc) is 3.42. The third-order valence-electron chi connectivity index (χ3n) is 7.58. The third-order valence-corrected chi connectivity index (χ3v) is 7.58. The van der Waals surface area contributed by atoms with Gasteiger partial charge in [0.15, 0.2) is 6.29 Å². The maximum absolute atomic E-state index is 12.7. The zero-order valence-corrected chi connectivity index (χ0v) is 21.3. The van der Waals surface area contributed by atoms with Crippen molar-refractivity contribution in [1.82, 2.24) is 5.32 Å². The molecule has 0 unspecified atom stereocenters. The van der Waals surface area contributed by atoms with Crippen molar-refractivity contribution in [2.24, 2.45) is 11.8 Å². The highest BCUT2D eigenvalue weighted by molar-refractivity contribution is 5.89. The summed E-state index contributed by atoms with van der Waals surface area (Å²) in [6.45, 7) is 3.81. The lowest BCUT2D eigenvalue weighted by Gasteiger charge is -2.40. The van der Waals surface area contributed by atoms with Crippen LogP contribution in [0.15, 0.2) is 23.8 Å². The third kappa shape index (κ3) is 7.17. The number of nitrogens with one attached hydrogen (secondary N) is 1. The van der Waals surface area contributed by atoms with E-state index in [1.54, 1.807) is 0 Å².